The molecular weight excluding hydrogens is 136 g/mol. The maximum Gasteiger partial charge on any atom is 0.319 e. The van der Waals surface area contributed by atoms with E-state index in [0.29, 0.717) is 12.5 Å². The fourth-order valence-corrected chi connectivity index (χ4v) is 1.27. The van der Waals surface area contributed by atoms with Gasteiger partial charge >= 0.3 is 5.97 Å². The predicted octanol–water partition coefficient (Wildman–Crippen LogP) is 0.868. The van der Waals surface area contributed by atoms with Gasteiger partial charge in [-0.1, -0.05) is 6.92 Å². The Bertz CT molecular complexity index is 124. The molecule has 3 heteroatoms. The number of rotatable bonds is 1. The highest BCUT2D eigenvalue weighted by Crippen LogP contribution is 2.22. The van der Waals surface area contributed by atoms with Gasteiger partial charge in [-0.2, -0.15) is 12.6 Å². The van der Waals surface area contributed by atoms with Crippen molar-refractivity contribution in [3.63, 3.8) is 0 Å². The maximum atomic E-state index is 10.6. The summed E-state index contributed by atoms with van der Waals surface area (Å²) in [5.74, 6) is 0.172. The summed E-state index contributed by atoms with van der Waals surface area (Å²) in [6, 6.07) is 0. The molecule has 52 valence electrons. The minimum absolute atomic E-state index is 0.162. The van der Waals surface area contributed by atoms with Crippen molar-refractivity contribution < 1.29 is 9.53 Å². The fraction of sp³-hybridized carbons (Fsp3) is 0.833. The van der Waals surface area contributed by atoms with E-state index in [1.807, 2.05) is 6.92 Å². The molecule has 0 bridgehead atoms. The first-order valence-electron chi connectivity index (χ1n) is 3.10. The average Bonchev–Trinajstić information content (AvgIpc) is 2.15. The monoisotopic (exact) mass is 146 g/mol. The van der Waals surface area contributed by atoms with Gasteiger partial charge < -0.3 is 4.74 Å². The van der Waals surface area contributed by atoms with Gasteiger partial charge in [0.2, 0.25) is 0 Å². The second-order valence-electron chi connectivity index (χ2n) is 2.24. The predicted molar refractivity (Wildman–Crippen MR) is 37.5 cm³/mol. The van der Waals surface area contributed by atoms with Crippen LogP contribution in [0.3, 0.4) is 0 Å². The Hall–Kier alpha value is -0.180. The first kappa shape index (κ1) is 6.93. The van der Waals surface area contributed by atoms with Crippen LogP contribution in [-0.2, 0) is 9.53 Å². The molecule has 2 nitrogen and oxygen atoms in total. The van der Waals surface area contributed by atoms with E-state index in [2.05, 4.69) is 12.6 Å². The molecule has 1 heterocycles. The molecule has 2 atom stereocenters. The fourth-order valence-electron chi connectivity index (χ4n) is 0.899. The van der Waals surface area contributed by atoms with Gasteiger partial charge in [0.1, 0.15) is 5.25 Å². The number of esters is 1. The van der Waals surface area contributed by atoms with Crippen molar-refractivity contribution in [3.8, 4) is 0 Å². The smallest absolute Gasteiger partial charge is 0.319 e. The van der Waals surface area contributed by atoms with E-state index in [1.165, 1.54) is 0 Å². The van der Waals surface area contributed by atoms with Crippen LogP contribution in [0.2, 0.25) is 0 Å². The maximum absolute atomic E-state index is 10.6. The molecule has 1 rings (SSSR count). The highest BCUT2D eigenvalue weighted by atomic mass is 32.1. The van der Waals surface area contributed by atoms with Gasteiger partial charge in [0.05, 0.1) is 6.61 Å². The summed E-state index contributed by atoms with van der Waals surface area (Å²) in [5, 5.41) is -0.171. The normalized spacial score (nSPS) is 34.7. The molecule has 0 aromatic rings. The third-order valence-electron chi connectivity index (χ3n) is 1.65. The van der Waals surface area contributed by atoms with Gasteiger partial charge in [0.15, 0.2) is 0 Å². The van der Waals surface area contributed by atoms with Crippen LogP contribution in [0.5, 0.6) is 0 Å². The first-order chi connectivity index (χ1) is 4.25. The number of hydrogen-bond donors (Lipinski definition) is 1. The summed E-state index contributed by atoms with van der Waals surface area (Å²) >= 11 is 4.09. The van der Waals surface area contributed by atoms with E-state index in [1.54, 1.807) is 0 Å². The number of carbonyl (C=O) groups is 1. The Balaban J connectivity index is 2.51. The van der Waals surface area contributed by atoms with Crippen molar-refractivity contribution in [2.24, 2.45) is 5.92 Å². The average molecular weight is 146 g/mol. The van der Waals surface area contributed by atoms with E-state index >= 15 is 0 Å². The first-order valence-corrected chi connectivity index (χ1v) is 3.62. The number of hydrogen-bond acceptors (Lipinski definition) is 3. The van der Waals surface area contributed by atoms with Crippen LogP contribution in [0.25, 0.3) is 0 Å². The molecule has 0 aliphatic carbocycles. The molecule has 1 aliphatic heterocycles. The van der Waals surface area contributed by atoms with Gasteiger partial charge in [-0.05, 0) is 6.42 Å². The molecule has 0 radical (unpaired) electrons. The van der Waals surface area contributed by atoms with Gasteiger partial charge in [0, 0.05) is 5.92 Å². The minimum atomic E-state index is -0.171. The zero-order valence-corrected chi connectivity index (χ0v) is 6.23. The second kappa shape index (κ2) is 2.60. The van der Waals surface area contributed by atoms with Crippen LogP contribution in [0.1, 0.15) is 13.3 Å². The Kier molecular flexibility index (Phi) is 2.01. The lowest BCUT2D eigenvalue weighted by Crippen LogP contribution is -2.14. The molecule has 1 aliphatic rings. The van der Waals surface area contributed by atoms with Crippen molar-refractivity contribution in [3.05, 3.63) is 0 Å². The number of ether oxygens (including phenoxy) is 1. The molecule has 1 fully saturated rings. The van der Waals surface area contributed by atoms with Crippen LogP contribution >= 0.6 is 12.6 Å². The summed E-state index contributed by atoms with van der Waals surface area (Å²) in [4.78, 5) is 10.6. The van der Waals surface area contributed by atoms with Crippen LogP contribution in [-0.4, -0.2) is 17.8 Å². The van der Waals surface area contributed by atoms with Crippen molar-refractivity contribution in [2.75, 3.05) is 6.61 Å². The Morgan fingerprint density at radius 2 is 2.56 bits per heavy atom. The number of cyclic esters (lactones) is 1. The summed E-state index contributed by atoms with van der Waals surface area (Å²) in [6.07, 6.45) is 0.972. The molecule has 0 aromatic heterocycles. The van der Waals surface area contributed by atoms with Crippen LogP contribution < -0.4 is 0 Å². The standard InChI is InChI=1S/C6H10O2S/c1-2-4-3-8-6(7)5(4)9/h4-5,9H,2-3H2,1H3. The lowest BCUT2D eigenvalue weighted by Gasteiger charge is -2.03. The van der Waals surface area contributed by atoms with Crippen LogP contribution in [0.15, 0.2) is 0 Å². The van der Waals surface area contributed by atoms with E-state index in [9.17, 15) is 4.79 Å². The van der Waals surface area contributed by atoms with Gasteiger partial charge in [-0.3, -0.25) is 4.79 Å². The Morgan fingerprint density at radius 3 is 2.78 bits per heavy atom. The summed E-state index contributed by atoms with van der Waals surface area (Å²) < 4.78 is 4.75. The molecular formula is C6H10O2S. The molecule has 9 heavy (non-hydrogen) atoms. The zero-order valence-electron chi connectivity index (χ0n) is 5.33. The lowest BCUT2D eigenvalue weighted by molar-refractivity contribution is -0.137. The second-order valence-corrected chi connectivity index (χ2v) is 2.80. The molecule has 0 N–H and O–H groups in total. The highest BCUT2D eigenvalue weighted by molar-refractivity contribution is 7.81. The molecule has 0 spiro atoms. The molecule has 0 saturated carbocycles. The molecule has 2 unspecified atom stereocenters. The summed E-state index contributed by atoms with van der Waals surface area (Å²) in [6.45, 7) is 2.60. The van der Waals surface area contributed by atoms with Crippen molar-refractivity contribution >= 4 is 18.6 Å². The summed E-state index contributed by atoms with van der Waals surface area (Å²) in [5.41, 5.74) is 0. The SMILES string of the molecule is CCC1COC(=O)C1S. The van der Waals surface area contributed by atoms with Crippen LogP contribution in [0.4, 0.5) is 0 Å². The highest BCUT2D eigenvalue weighted by Gasteiger charge is 2.32. The van der Waals surface area contributed by atoms with E-state index in [0.717, 1.165) is 6.42 Å². The van der Waals surface area contributed by atoms with E-state index < -0.39 is 0 Å². The van der Waals surface area contributed by atoms with Gasteiger partial charge in [-0.25, -0.2) is 0 Å². The van der Waals surface area contributed by atoms with E-state index in [4.69, 9.17) is 4.74 Å². The molecule has 0 amide bonds. The topological polar surface area (TPSA) is 26.3 Å². The number of thiol groups is 1. The van der Waals surface area contributed by atoms with Gasteiger partial charge in [-0.15, -0.1) is 0 Å². The largest absolute Gasteiger partial charge is 0.465 e. The zero-order chi connectivity index (χ0) is 6.85. The van der Waals surface area contributed by atoms with Crippen molar-refractivity contribution in [2.45, 2.75) is 18.6 Å². The number of carbonyl (C=O) groups excluding carboxylic acids is 1. The summed E-state index contributed by atoms with van der Waals surface area (Å²) in [7, 11) is 0. The third-order valence-corrected chi connectivity index (χ3v) is 2.28. The lowest BCUT2D eigenvalue weighted by atomic mass is 10.1. The minimum Gasteiger partial charge on any atom is -0.465 e. The molecule has 0 aromatic carbocycles. The Labute approximate surface area is 60.0 Å². The van der Waals surface area contributed by atoms with E-state index in [-0.39, 0.29) is 11.2 Å². The van der Waals surface area contributed by atoms with Crippen molar-refractivity contribution in [1.29, 1.82) is 0 Å². The van der Waals surface area contributed by atoms with Crippen LogP contribution in [0, 0.1) is 5.92 Å². The quantitative estimate of drug-likeness (QED) is 0.439. The molecule has 1 saturated heterocycles. The third kappa shape index (κ3) is 1.21. The Morgan fingerprint density at radius 1 is 1.89 bits per heavy atom. The van der Waals surface area contributed by atoms with Gasteiger partial charge in [0.25, 0.3) is 0 Å². The van der Waals surface area contributed by atoms with Crippen molar-refractivity contribution in [1.82, 2.24) is 0 Å².